The Morgan fingerprint density at radius 3 is 2.37 bits per heavy atom. The molecule has 30 heavy (non-hydrogen) atoms. The maximum Gasteiger partial charge on any atom is 0.119 e. The zero-order chi connectivity index (χ0) is 20.5. The predicted octanol–water partition coefficient (Wildman–Crippen LogP) is 5.09. The van der Waals surface area contributed by atoms with Gasteiger partial charge in [-0.15, -0.1) is 0 Å². The topological polar surface area (TPSA) is 63.9 Å². The lowest BCUT2D eigenvalue weighted by Gasteiger charge is -2.80. The van der Waals surface area contributed by atoms with Crippen molar-refractivity contribution in [1.29, 1.82) is 0 Å². The van der Waals surface area contributed by atoms with E-state index in [0.29, 0.717) is 11.2 Å². The molecule has 158 valence electrons. The van der Waals surface area contributed by atoms with Crippen molar-refractivity contribution < 1.29 is 15.3 Å². The number of benzene rings is 2. The molecule has 6 saturated carbocycles. The lowest BCUT2D eigenvalue weighted by Crippen LogP contribution is -2.73. The van der Waals surface area contributed by atoms with E-state index in [1.165, 1.54) is 32.1 Å². The van der Waals surface area contributed by atoms with Crippen LogP contribution < -0.4 is 4.90 Å². The molecule has 3 N–H and O–H groups in total. The first-order valence-corrected chi connectivity index (χ1v) is 11.5. The first-order chi connectivity index (χ1) is 14.5. The smallest absolute Gasteiger partial charge is 0.119 e. The van der Waals surface area contributed by atoms with Gasteiger partial charge in [0.2, 0.25) is 0 Å². The van der Waals surface area contributed by atoms with Crippen molar-refractivity contribution in [2.75, 3.05) is 18.1 Å². The summed E-state index contributed by atoms with van der Waals surface area (Å²) < 4.78 is 0. The van der Waals surface area contributed by atoms with E-state index in [2.05, 4.69) is 11.0 Å². The second-order valence-electron chi connectivity index (χ2n) is 10.5. The van der Waals surface area contributed by atoms with Crippen molar-refractivity contribution in [3.8, 4) is 11.5 Å². The van der Waals surface area contributed by atoms with Gasteiger partial charge >= 0.3 is 0 Å². The predicted molar refractivity (Wildman–Crippen MR) is 117 cm³/mol. The third-order valence-electron chi connectivity index (χ3n) is 8.85. The number of phenolic OH excluding ortho intramolecular Hbond substituents is 2. The number of nitrogens with zero attached hydrogens (tertiary/aromatic N) is 1. The van der Waals surface area contributed by atoms with Crippen LogP contribution in [0.25, 0.3) is 0 Å². The minimum atomic E-state index is 0.149. The number of hydrogen-bond acceptors (Lipinski definition) is 4. The highest BCUT2D eigenvalue weighted by atomic mass is 16.3. The molecule has 6 aliphatic carbocycles. The Kier molecular flexibility index (Phi) is 3.96. The van der Waals surface area contributed by atoms with Crippen molar-refractivity contribution in [3.63, 3.8) is 0 Å². The van der Waals surface area contributed by atoms with E-state index in [1.807, 2.05) is 24.3 Å². The van der Waals surface area contributed by atoms with Crippen LogP contribution in [0.1, 0.15) is 50.5 Å². The summed E-state index contributed by atoms with van der Waals surface area (Å²) in [4.78, 5) is 2.21. The molecule has 2 unspecified atom stereocenters. The maximum atomic E-state index is 10.9. The SMILES string of the molecule is OCCCCN(c1cccc(O)c1)c1ccc(O)c(C23CC4CC5(CC(C2)C45)C3)c1. The van der Waals surface area contributed by atoms with Crippen molar-refractivity contribution in [1.82, 2.24) is 0 Å². The molecule has 4 heteroatoms. The standard InChI is InChI=1S/C26H31NO3/c28-9-2-1-8-27(19-4-3-5-21(29)10-19)20-6-7-23(30)22(11-20)25-12-17-14-26(16-25)15-18(13-25)24(17)26/h3-7,10-11,17-18,24,28-30H,1-2,8-9,12-16H2. The first kappa shape index (κ1) is 18.6. The largest absolute Gasteiger partial charge is 0.508 e. The van der Waals surface area contributed by atoms with Gasteiger partial charge in [0, 0.05) is 41.6 Å². The fourth-order valence-corrected chi connectivity index (χ4v) is 8.17. The second kappa shape index (κ2) is 6.40. The van der Waals surface area contributed by atoms with Gasteiger partial charge in [0.15, 0.2) is 0 Å². The number of aliphatic hydroxyl groups excluding tert-OH is 1. The van der Waals surface area contributed by atoms with Gasteiger partial charge < -0.3 is 20.2 Å². The van der Waals surface area contributed by atoms with Crippen LogP contribution in [-0.4, -0.2) is 28.5 Å². The molecule has 1 spiro atoms. The zero-order valence-electron chi connectivity index (χ0n) is 17.4. The van der Waals surface area contributed by atoms with Gasteiger partial charge in [0.05, 0.1) is 0 Å². The summed E-state index contributed by atoms with van der Waals surface area (Å²) in [6.07, 6.45) is 8.19. The Morgan fingerprint density at radius 1 is 0.900 bits per heavy atom. The molecule has 5 bridgehead atoms. The maximum absolute atomic E-state index is 10.9. The molecule has 0 heterocycles. The summed E-state index contributed by atoms with van der Waals surface area (Å²) in [5.41, 5.74) is 3.90. The molecular formula is C26H31NO3. The number of anilines is 2. The molecule has 0 radical (unpaired) electrons. The van der Waals surface area contributed by atoms with E-state index in [-0.39, 0.29) is 17.8 Å². The molecule has 0 amide bonds. The third kappa shape index (κ3) is 2.49. The van der Waals surface area contributed by atoms with Gasteiger partial charge in [-0.25, -0.2) is 0 Å². The van der Waals surface area contributed by atoms with Gasteiger partial charge in [-0.3, -0.25) is 0 Å². The number of phenols is 2. The van der Waals surface area contributed by atoms with Crippen molar-refractivity contribution >= 4 is 11.4 Å². The highest BCUT2D eigenvalue weighted by Gasteiger charge is 2.75. The average Bonchev–Trinajstić information content (AvgIpc) is 2.71. The molecule has 0 saturated heterocycles. The van der Waals surface area contributed by atoms with E-state index in [1.54, 1.807) is 12.1 Å². The van der Waals surface area contributed by atoms with Gasteiger partial charge in [-0.2, -0.15) is 0 Å². The van der Waals surface area contributed by atoms with Gasteiger partial charge in [-0.05, 0) is 98.4 Å². The van der Waals surface area contributed by atoms with Crippen LogP contribution >= 0.6 is 0 Å². The minimum Gasteiger partial charge on any atom is -0.508 e. The minimum absolute atomic E-state index is 0.149. The van der Waals surface area contributed by atoms with E-state index < -0.39 is 0 Å². The molecule has 2 aromatic rings. The van der Waals surface area contributed by atoms with Crippen LogP contribution in [-0.2, 0) is 5.41 Å². The Hall–Kier alpha value is -2.20. The van der Waals surface area contributed by atoms with Crippen molar-refractivity contribution in [2.45, 2.75) is 50.4 Å². The first-order valence-electron chi connectivity index (χ1n) is 11.5. The second-order valence-corrected chi connectivity index (χ2v) is 10.5. The number of aliphatic hydroxyl groups is 1. The van der Waals surface area contributed by atoms with Gasteiger partial charge in [0.25, 0.3) is 0 Å². The quantitative estimate of drug-likeness (QED) is 0.562. The van der Waals surface area contributed by atoms with Gasteiger partial charge in [-0.1, -0.05) is 6.07 Å². The van der Waals surface area contributed by atoms with Crippen LogP contribution in [0, 0.1) is 23.2 Å². The summed E-state index contributed by atoms with van der Waals surface area (Å²) >= 11 is 0. The lowest BCUT2D eigenvalue weighted by molar-refractivity contribution is -0.288. The van der Waals surface area contributed by atoms with E-state index in [0.717, 1.165) is 54.1 Å². The Bertz CT molecular complexity index is 970. The number of rotatable bonds is 7. The fourth-order valence-electron chi connectivity index (χ4n) is 8.17. The van der Waals surface area contributed by atoms with Crippen molar-refractivity contribution in [2.24, 2.45) is 23.2 Å². The molecular weight excluding hydrogens is 374 g/mol. The number of aromatic hydroxyl groups is 2. The van der Waals surface area contributed by atoms with E-state index >= 15 is 0 Å². The van der Waals surface area contributed by atoms with Crippen LogP contribution in [0.2, 0.25) is 0 Å². The molecule has 2 aromatic carbocycles. The normalized spacial score (nSPS) is 34.9. The average molecular weight is 406 g/mol. The lowest BCUT2D eigenvalue weighted by atomic mass is 9.24. The summed E-state index contributed by atoms with van der Waals surface area (Å²) in [6.45, 7) is 0.947. The summed E-state index contributed by atoms with van der Waals surface area (Å²) in [5.74, 6) is 3.44. The number of hydrogen-bond donors (Lipinski definition) is 3. The Morgan fingerprint density at radius 2 is 1.67 bits per heavy atom. The third-order valence-corrected chi connectivity index (χ3v) is 8.85. The highest BCUT2D eigenvalue weighted by Crippen LogP contribution is 2.83. The van der Waals surface area contributed by atoms with E-state index in [9.17, 15) is 15.3 Å². The van der Waals surface area contributed by atoms with E-state index in [4.69, 9.17) is 0 Å². The van der Waals surface area contributed by atoms with Crippen LogP contribution in [0.3, 0.4) is 0 Å². The molecule has 2 atom stereocenters. The van der Waals surface area contributed by atoms with Crippen LogP contribution in [0.4, 0.5) is 11.4 Å². The summed E-state index contributed by atoms with van der Waals surface area (Å²) in [6, 6.07) is 13.4. The molecule has 6 fully saturated rings. The molecule has 0 aliphatic heterocycles. The van der Waals surface area contributed by atoms with Gasteiger partial charge in [0.1, 0.15) is 11.5 Å². The number of unbranched alkanes of at least 4 members (excludes halogenated alkanes) is 1. The monoisotopic (exact) mass is 405 g/mol. The molecule has 0 aromatic heterocycles. The fraction of sp³-hybridized carbons (Fsp3) is 0.538. The molecule has 4 nitrogen and oxygen atoms in total. The van der Waals surface area contributed by atoms with Crippen LogP contribution in [0.15, 0.2) is 42.5 Å². The zero-order valence-corrected chi connectivity index (χ0v) is 17.4. The molecule has 8 rings (SSSR count). The summed E-state index contributed by atoms with van der Waals surface area (Å²) in [7, 11) is 0. The van der Waals surface area contributed by atoms with Crippen LogP contribution in [0.5, 0.6) is 11.5 Å². The Labute approximate surface area is 178 Å². The summed E-state index contributed by atoms with van der Waals surface area (Å²) in [5, 5.41) is 30.2. The van der Waals surface area contributed by atoms with Crippen molar-refractivity contribution in [3.05, 3.63) is 48.0 Å². The highest BCUT2D eigenvalue weighted by molar-refractivity contribution is 5.67. The Balaban J connectivity index is 1.37. The molecule has 6 aliphatic rings.